The summed E-state index contributed by atoms with van der Waals surface area (Å²) in [7, 11) is 0. The fraction of sp³-hybridized carbons (Fsp3) is 0.818. The van der Waals surface area contributed by atoms with Gasteiger partial charge < -0.3 is 13.8 Å². The predicted octanol–water partition coefficient (Wildman–Crippen LogP) is 4.26. The van der Waals surface area contributed by atoms with E-state index in [2.05, 4.69) is 34.1 Å². The zero-order chi connectivity index (χ0) is 8.04. The minimum Gasteiger partial charge on any atom is -0.358 e. The fourth-order valence-electron chi connectivity index (χ4n) is 0.975. The van der Waals surface area contributed by atoms with Crippen LogP contribution in [0.5, 0.6) is 0 Å². The molecule has 0 fully saturated rings. The summed E-state index contributed by atoms with van der Waals surface area (Å²) in [5.74, 6) is 0. The van der Waals surface area contributed by atoms with E-state index in [9.17, 15) is 0 Å². The number of rotatable bonds is 5. The van der Waals surface area contributed by atoms with Gasteiger partial charge in [-0.3, -0.25) is 0 Å². The SMILES string of the molecule is C[CH-]C(C)(C)CCCCC.[CH3-].[Re]. The van der Waals surface area contributed by atoms with Gasteiger partial charge in [0.15, 0.2) is 0 Å². The Hall–Kier alpha value is 0.662. The summed E-state index contributed by atoms with van der Waals surface area (Å²) in [4.78, 5) is 0. The molecule has 0 atom stereocenters. The maximum atomic E-state index is 2.31. The van der Waals surface area contributed by atoms with Crippen molar-refractivity contribution in [2.45, 2.75) is 53.4 Å². The minimum atomic E-state index is 0. The summed E-state index contributed by atoms with van der Waals surface area (Å²) >= 11 is 0. The molecule has 0 aliphatic rings. The first-order valence-electron chi connectivity index (χ1n) is 4.43. The molecule has 0 aliphatic heterocycles. The Morgan fingerprint density at radius 3 is 2.00 bits per heavy atom. The Morgan fingerprint density at radius 2 is 1.67 bits per heavy atom. The van der Waals surface area contributed by atoms with Crippen LogP contribution in [0.25, 0.3) is 0 Å². The Bertz CT molecular complexity index is 77.1. The maximum Gasteiger partial charge on any atom is 0 e. The van der Waals surface area contributed by atoms with Gasteiger partial charge in [-0.15, -0.1) is 0 Å². The van der Waals surface area contributed by atoms with Gasteiger partial charge in [-0.25, -0.2) is 0 Å². The van der Waals surface area contributed by atoms with Crippen LogP contribution in [0, 0.1) is 19.3 Å². The molecule has 0 saturated carbocycles. The molecule has 1 radical (unpaired) electrons. The fourth-order valence-corrected chi connectivity index (χ4v) is 0.975. The standard InChI is InChI=1S/C10H21.CH3.Re/c1-5-7-8-9-10(3,4)6-2;;/h6H,5,7-9H2,1-4H3;1H3;/q2*-1;. The normalized spacial score (nSPS) is 10.0. The van der Waals surface area contributed by atoms with Crippen LogP contribution in [-0.2, 0) is 20.4 Å². The Kier molecular flexibility index (Phi) is 15.0. The minimum absolute atomic E-state index is 0. The molecule has 12 heavy (non-hydrogen) atoms. The van der Waals surface area contributed by atoms with Gasteiger partial charge in [-0.05, 0) is 0 Å². The molecule has 0 amide bonds. The summed E-state index contributed by atoms with van der Waals surface area (Å²) < 4.78 is 0. The molecule has 0 N–H and O–H groups in total. The van der Waals surface area contributed by atoms with Gasteiger partial charge in [-0.1, -0.05) is 46.5 Å². The Balaban J connectivity index is -0.000000405. The van der Waals surface area contributed by atoms with Gasteiger partial charge in [0.1, 0.15) is 0 Å². The molecule has 0 bridgehead atoms. The molecule has 77 valence electrons. The topological polar surface area (TPSA) is 0 Å². The second-order valence-corrected chi connectivity index (χ2v) is 3.73. The van der Waals surface area contributed by atoms with E-state index in [0.717, 1.165) is 0 Å². The van der Waals surface area contributed by atoms with Crippen molar-refractivity contribution in [2.75, 3.05) is 0 Å². The molecule has 0 rings (SSSR count). The maximum absolute atomic E-state index is 2.31. The number of hydrogen-bond acceptors (Lipinski definition) is 0. The van der Waals surface area contributed by atoms with Gasteiger partial charge in [-0.2, -0.15) is 12.3 Å². The van der Waals surface area contributed by atoms with E-state index in [-0.39, 0.29) is 27.8 Å². The molecule has 0 spiro atoms. The molecular weight excluding hydrogens is 318 g/mol. The Labute approximate surface area is 93.2 Å². The van der Waals surface area contributed by atoms with Gasteiger partial charge in [0.25, 0.3) is 0 Å². The van der Waals surface area contributed by atoms with Crippen molar-refractivity contribution in [3.05, 3.63) is 13.8 Å². The summed E-state index contributed by atoms with van der Waals surface area (Å²) in [6.07, 6.45) is 7.75. The third kappa shape index (κ3) is 10.7. The van der Waals surface area contributed by atoms with Crippen LogP contribution < -0.4 is 0 Å². The van der Waals surface area contributed by atoms with Crippen molar-refractivity contribution >= 4 is 0 Å². The molecule has 0 heterocycles. The second-order valence-electron chi connectivity index (χ2n) is 3.73. The van der Waals surface area contributed by atoms with Crippen molar-refractivity contribution in [1.82, 2.24) is 0 Å². The molecule has 0 aliphatic carbocycles. The van der Waals surface area contributed by atoms with Gasteiger partial charge in [0.05, 0.1) is 0 Å². The van der Waals surface area contributed by atoms with Crippen molar-refractivity contribution in [1.29, 1.82) is 0 Å². The van der Waals surface area contributed by atoms with Crippen molar-refractivity contribution < 1.29 is 20.4 Å². The summed E-state index contributed by atoms with van der Waals surface area (Å²) in [6.45, 7) is 9.03. The first-order chi connectivity index (χ1) is 4.62. The van der Waals surface area contributed by atoms with E-state index in [4.69, 9.17) is 0 Å². The first kappa shape index (κ1) is 18.4. The van der Waals surface area contributed by atoms with Crippen LogP contribution >= 0.6 is 0 Å². The summed E-state index contributed by atoms with van der Waals surface area (Å²) in [5, 5.41) is 0. The van der Waals surface area contributed by atoms with Crippen molar-refractivity contribution in [2.24, 2.45) is 5.41 Å². The van der Waals surface area contributed by atoms with Crippen LogP contribution in [0.4, 0.5) is 0 Å². The van der Waals surface area contributed by atoms with E-state index >= 15 is 0 Å². The van der Waals surface area contributed by atoms with Crippen LogP contribution in [0.1, 0.15) is 53.4 Å². The molecule has 1 heteroatoms. The van der Waals surface area contributed by atoms with E-state index in [1.54, 1.807) is 0 Å². The van der Waals surface area contributed by atoms with Gasteiger partial charge in [0, 0.05) is 20.4 Å². The average molecular weight is 343 g/mol. The molecule has 0 aromatic heterocycles. The van der Waals surface area contributed by atoms with E-state index in [1.165, 1.54) is 25.7 Å². The monoisotopic (exact) mass is 343 g/mol. The van der Waals surface area contributed by atoms with Gasteiger partial charge in [0.2, 0.25) is 0 Å². The van der Waals surface area contributed by atoms with E-state index < -0.39 is 0 Å². The average Bonchev–Trinajstić information content (AvgIpc) is 1.89. The largest absolute Gasteiger partial charge is 0.358 e. The van der Waals surface area contributed by atoms with Crippen molar-refractivity contribution in [3.8, 4) is 0 Å². The van der Waals surface area contributed by atoms with Crippen molar-refractivity contribution in [3.63, 3.8) is 0 Å². The summed E-state index contributed by atoms with van der Waals surface area (Å²) in [6, 6.07) is 0. The zero-order valence-electron chi connectivity index (χ0n) is 9.28. The third-order valence-corrected chi connectivity index (χ3v) is 2.21. The molecule has 0 aromatic rings. The number of hydrogen-bond donors (Lipinski definition) is 0. The van der Waals surface area contributed by atoms with Gasteiger partial charge >= 0.3 is 0 Å². The van der Waals surface area contributed by atoms with Crippen LogP contribution in [0.3, 0.4) is 0 Å². The molecule has 0 saturated heterocycles. The van der Waals surface area contributed by atoms with Crippen LogP contribution in [0.2, 0.25) is 0 Å². The molecule has 0 nitrogen and oxygen atoms in total. The molecule has 0 aromatic carbocycles. The molecule has 0 unspecified atom stereocenters. The van der Waals surface area contributed by atoms with E-state index in [1.807, 2.05) is 0 Å². The quantitative estimate of drug-likeness (QED) is 0.517. The zero-order valence-corrected chi connectivity index (χ0v) is 12.0. The van der Waals surface area contributed by atoms with Crippen LogP contribution in [0.15, 0.2) is 0 Å². The summed E-state index contributed by atoms with van der Waals surface area (Å²) in [5.41, 5.74) is 0.467. The smallest absolute Gasteiger partial charge is 0 e. The molecular formula is C11H24Re-2. The van der Waals surface area contributed by atoms with E-state index in [0.29, 0.717) is 5.41 Å². The predicted molar refractivity (Wildman–Crippen MR) is 54.3 cm³/mol. The second kappa shape index (κ2) is 9.75. The van der Waals surface area contributed by atoms with Crippen LogP contribution in [-0.4, -0.2) is 0 Å². The number of unbranched alkanes of at least 4 members (excludes halogenated alkanes) is 2. The Morgan fingerprint density at radius 1 is 1.17 bits per heavy atom. The first-order valence-corrected chi connectivity index (χ1v) is 4.43. The third-order valence-electron chi connectivity index (χ3n) is 2.21.